The van der Waals surface area contributed by atoms with E-state index in [1.807, 2.05) is 43.3 Å². The van der Waals surface area contributed by atoms with Gasteiger partial charge in [0.15, 0.2) is 0 Å². The summed E-state index contributed by atoms with van der Waals surface area (Å²) in [4.78, 5) is 28.3. The van der Waals surface area contributed by atoms with Gasteiger partial charge in [0.1, 0.15) is 11.4 Å². The van der Waals surface area contributed by atoms with Gasteiger partial charge in [-0.05, 0) is 31.4 Å². The van der Waals surface area contributed by atoms with Gasteiger partial charge >= 0.3 is 0 Å². The molecule has 2 fully saturated rings. The molecule has 2 saturated heterocycles. The van der Waals surface area contributed by atoms with Crippen LogP contribution in [0.4, 0.5) is 5.69 Å². The van der Waals surface area contributed by atoms with Gasteiger partial charge in [-0.25, -0.2) is 0 Å². The highest BCUT2D eigenvalue weighted by molar-refractivity contribution is 6.03. The molecule has 4 rings (SSSR count). The number of anilines is 1. The van der Waals surface area contributed by atoms with Crippen LogP contribution in [0.25, 0.3) is 0 Å². The van der Waals surface area contributed by atoms with Gasteiger partial charge in [-0.3, -0.25) is 9.59 Å². The van der Waals surface area contributed by atoms with E-state index < -0.39 is 17.4 Å². The van der Waals surface area contributed by atoms with E-state index in [-0.39, 0.29) is 24.0 Å². The number of methoxy groups -OCH3 is 1. The first-order chi connectivity index (χ1) is 14.3. The molecule has 1 spiro atoms. The Morgan fingerprint density at radius 2 is 2.13 bits per heavy atom. The molecule has 1 aromatic rings. The number of amides is 2. The highest BCUT2D eigenvalue weighted by Gasteiger charge is 2.67. The van der Waals surface area contributed by atoms with Crippen molar-refractivity contribution in [2.24, 2.45) is 17.8 Å². The number of fused-ring (bicyclic) bond motifs is 1. The molecule has 2 bridgehead atoms. The number of hydrogen-bond acceptors (Lipinski definition) is 4. The monoisotopic (exact) mass is 412 g/mol. The third-order valence-corrected chi connectivity index (χ3v) is 6.58. The van der Waals surface area contributed by atoms with Crippen LogP contribution in [0.1, 0.15) is 40.0 Å². The Morgan fingerprint density at radius 1 is 1.33 bits per heavy atom. The van der Waals surface area contributed by atoms with E-state index in [0.717, 1.165) is 24.9 Å². The molecule has 1 N–H and O–H groups in total. The van der Waals surface area contributed by atoms with E-state index in [1.54, 1.807) is 12.0 Å². The molecule has 3 aliphatic rings. The molecular formula is C24H32N2O4. The van der Waals surface area contributed by atoms with E-state index in [1.165, 1.54) is 0 Å². The third-order valence-electron chi connectivity index (χ3n) is 6.58. The van der Waals surface area contributed by atoms with Crippen molar-refractivity contribution in [1.82, 2.24) is 5.32 Å². The second kappa shape index (κ2) is 8.06. The average molecular weight is 413 g/mol. The zero-order chi connectivity index (χ0) is 21.5. The number of carbonyl (C=O) groups excluding carboxylic acids is 2. The first-order valence-electron chi connectivity index (χ1n) is 11.0. The minimum absolute atomic E-state index is 0.0530. The van der Waals surface area contributed by atoms with Gasteiger partial charge < -0.3 is 19.7 Å². The van der Waals surface area contributed by atoms with E-state index in [2.05, 4.69) is 19.2 Å². The number of hydrogen-bond donors (Lipinski definition) is 1. The zero-order valence-electron chi connectivity index (χ0n) is 18.3. The van der Waals surface area contributed by atoms with Crippen molar-refractivity contribution in [1.29, 1.82) is 0 Å². The standard InChI is InChI=1S/C24H32N2O4/c1-15(2)7-5-8-16(3)25-22(27)20-19-11-12-24(30-19)14-26(23(28)21(20)24)17-9-6-10-18(13-17)29-4/h6,9-13,15-16,19-21H,5,7-8,14H2,1-4H3,(H,25,27)/t16-,19-,20-,21+,24-/m1/s1. The molecule has 6 heteroatoms. The molecule has 0 aromatic heterocycles. The average Bonchev–Trinajstić information content (AvgIpc) is 3.36. The summed E-state index contributed by atoms with van der Waals surface area (Å²) in [5.74, 6) is 0.264. The Kier molecular flexibility index (Phi) is 5.62. The molecular weight excluding hydrogens is 380 g/mol. The summed E-state index contributed by atoms with van der Waals surface area (Å²) in [5, 5.41) is 3.14. The molecule has 6 nitrogen and oxygen atoms in total. The second-order valence-electron chi connectivity index (χ2n) is 9.26. The van der Waals surface area contributed by atoms with Crippen LogP contribution in [0, 0.1) is 17.8 Å². The van der Waals surface area contributed by atoms with Gasteiger partial charge in [0.25, 0.3) is 0 Å². The van der Waals surface area contributed by atoms with Gasteiger partial charge in [0.2, 0.25) is 11.8 Å². The van der Waals surface area contributed by atoms with E-state index in [0.29, 0.717) is 18.2 Å². The maximum Gasteiger partial charge on any atom is 0.234 e. The lowest BCUT2D eigenvalue weighted by Crippen LogP contribution is -2.46. The summed E-state index contributed by atoms with van der Waals surface area (Å²) >= 11 is 0. The van der Waals surface area contributed by atoms with Crippen LogP contribution < -0.4 is 15.0 Å². The summed E-state index contributed by atoms with van der Waals surface area (Å²) in [5.41, 5.74) is 0.0538. The number of benzene rings is 1. The van der Waals surface area contributed by atoms with Gasteiger partial charge in [0, 0.05) is 17.8 Å². The molecule has 0 saturated carbocycles. The molecule has 0 radical (unpaired) electrons. The Morgan fingerprint density at radius 3 is 2.87 bits per heavy atom. The summed E-state index contributed by atoms with van der Waals surface area (Å²) in [6, 6.07) is 7.53. The topological polar surface area (TPSA) is 67.9 Å². The van der Waals surface area contributed by atoms with Crippen LogP contribution in [0.2, 0.25) is 0 Å². The maximum atomic E-state index is 13.4. The molecule has 3 aliphatic heterocycles. The lowest BCUT2D eigenvalue weighted by Gasteiger charge is -2.25. The lowest BCUT2D eigenvalue weighted by molar-refractivity contribution is -0.132. The largest absolute Gasteiger partial charge is 0.497 e. The van der Waals surface area contributed by atoms with Crippen LogP contribution in [0.5, 0.6) is 5.75 Å². The molecule has 30 heavy (non-hydrogen) atoms. The van der Waals surface area contributed by atoms with Crippen molar-refractivity contribution in [2.75, 3.05) is 18.6 Å². The van der Waals surface area contributed by atoms with Crippen LogP contribution >= 0.6 is 0 Å². The number of nitrogens with zero attached hydrogens (tertiary/aromatic N) is 1. The molecule has 162 valence electrons. The summed E-state index contributed by atoms with van der Waals surface area (Å²) in [6.07, 6.45) is 6.78. The fraction of sp³-hybridized carbons (Fsp3) is 0.583. The highest BCUT2D eigenvalue weighted by Crippen LogP contribution is 2.52. The SMILES string of the molecule is COc1cccc(N2C[C@@]34C=C[C@@H](O3)[C@@H](C(=O)N[C@H](C)CCCC(C)C)[C@H]4C2=O)c1. The number of ether oxygens (including phenoxy) is 2. The van der Waals surface area contributed by atoms with Crippen LogP contribution in [0.15, 0.2) is 36.4 Å². The van der Waals surface area contributed by atoms with Crippen LogP contribution in [-0.4, -0.2) is 43.2 Å². The summed E-state index contributed by atoms with van der Waals surface area (Å²) in [7, 11) is 1.61. The van der Waals surface area contributed by atoms with Crippen LogP contribution in [-0.2, 0) is 14.3 Å². The highest BCUT2D eigenvalue weighted by atomic mass is 16.5. The van der Waals surface area contributed by atoms with Crippen molar-refractivity contribution < 1.29 is 19.1 Å². The Balaban J connectivity index is 1.48. The fourth-order valence-corrected chi connectivity index (χ4v) is 5.04. The molecule has 3 heterocycles. The quantitative estimate of drug-likeness (QED) is 0.665. The minimum Gasteiger partial charge on any atom is -0.497 e. The minimum atomic E-state index is -0.715. The smallest absolute Gasteiger partial charge is 0.234 e. The van der Waals surface area contributed by atoms with Crippen molar-refractivity contribution in [3.63, 3.8) is 0 Å². The predicted octanol–water partition coefficient (Wildman–Crippen LogP) is 3.31. The van der Waals surface area contributed by atoms with Gasteiger partial charge in [-0.1, -0.05) is 44.9 Å². The number of carbonyl (C=O) groups is 2. The first kappa shape index (κ1) is 20.9. The molecule has 5 atom stereocenters. The van der Waals surface area contributed by atoms with Crippen molar-refractivity contribution >= 4 is 17.5 Å². The third kappa shape index (κ3) is 3.62. The predicted molar refractivity (Wildman–Crippen MR) is 115 cm³/mol. The second-order valence-corrected chi connectivity index (χ2v) is 9.26. The lowest BCUT2D eigenvalue weighted by atomic mass is 9.76. The normalized spacial score (nSPS) is 30.1. The molecule has 1 aromatic carbocycles. The molecule has 0 aliphatic carbocycles. The Labute approximate surface area is 178 Å². The zero-order valence-corrected chi connectivity index (χ0v) is 18.3. The summed E-state index contributed by atoms with van der Waals surface area (Å²) < 4.78 is 11.5. The molecule has 2 amide bonds. The first-order valence-corrected chi connectivity index (χ1v) is 11.0. The Bertz CT molecular complexity index is 851. The number of rotatable bonds is 8. The summed E-state index contributed by atoms with van der Waals surface area (Å²) in [6.45, 7) is 6.88. The molecule has 0 unspecified atom stereocenters. The van der Waals surface area contributed by atoms with Crippen molar-refractivity contribution in [2.45, 2.75) is 57.8 Å². The van der Waals surface area contributed by atoms with Gasteiger partial charge in [0.05, 0.1) is 31.6 Å². The van der Waals surface area contributed by atoms with E-state index >= 15 is 0 Å². The fourth-order valence-electron chi connectivity index (χ4n) is 5.04. The van der Waals surface area contributed by atoms with Gasteiger partial charge in [-0.2, -0.15) is 0 Å². The van der Waals surface area contributed by atoms with Crippen molar-refractivity contribution in [3.05, 3.63) is 36.4 Å². The number of nitrogens with one attached hydrogen (secondary N) is 1. The van der Waals surface area contributed by atoms with E-state index in [4.69, 9.17) is 9.47 Å². The van der Waals surface area contributed by atoms with E-state index in [9.17, 15) is 9.59 Å². The van der Waals surface area contributed by atoms with Crippen molar-refractivity contribution in [3.8, 4) is 5.75 Å². The Hall–Kier alpha value is -2.34. The maximum absolute atomic E-state index is 13.4. The van der Waals surface area contributed by atoms with Crippen LogP contribution in [0.3, 0.4) is 0 Å². The van der Waals surface area contributed by atoms with Gasteiger partial charge in [-0.15, -0.1) is 0 Å².